The highest BCUT2D eigenvalue weighted by Gasteiger charge is 2.43. The van der Waals surface area contributed by atoms with Crippen molar-refractivity contribution in [3.05, 3.63) is 58.6 Å². The van der Waals surface area contributed by atoms with Crippen molar-refractivity contribution in [2.24, 2.45) is 5.92 Å². The summed E-state index contributed by atoms with van der Waals surface area (Å²) in [4.78, 5) is 27.9. The van der Waals surface area contributed by atoms with Crippen LogP contribution in [0.4, 0.5) is 0 Å². The average molecular weight is 429 g/mol. The second kappa shape index (κ2) is 8.56. The van der Waals surface area contributed by atoms with Gasteiger partial charge in [-0.05, 0) is 37.1 Å². The van der Waals surface area contributed by atoms with E-state index in [-0.39, 0.29) is 29.7 Å². The van der Waals surface area contributed by atoms with E-state index in [0.29, 0.717) is 35.2 Å². The van der Waals surface area contributed by atoms with Crippen molar-refractivity contribution in [2.75, 3.05) is 27.3 Å². The zero-order chi connectivity index (χ0) is 21.3. The van der Waals surface area contributed by atoms with Crippen molar-refractivity contribution < 1.29 is 19.1 Å². The van der Waals surface area contributed by atoms with E-state index in [0.717, 1.165) is 18.4 Å². The van der Waals surface area contributed by atoms with Crippen LogP contribution in [0.1, 0.15) is 34.7 Å². The third-order valence-corrected chi connectivity index (χ3v) is 6.01. The Morgan fingerprint density at radius 3 is 2.53 bits per heavy atom. The number of hydrogen-bond donors (Lipinski definition) is 1. The van der Waals surface area contributed by atoms with Crippen molar-refractivity contribution in [3.8, 4) is 11.5 Å². The van der Waals surface area contributed by atoms with Gasteiger partial charge < -0.3 is 19.7 Å². The first kappa shape index (κ1) is 20.5. The molecule has 2 amide bonds. The first-order valence-corrected chi connectivity index (χ1v) is 10.4. The molecular formula is C23H25ClN2O4. The molecule has 30 heavy (non-hydrogen) atoms. The number of ether oxygens (including phenoxy) is 2. The molecule has 1 aliphatic heterocycles. The second-order valence-corrected chi connectivity index (χ2v) is 8.26. The van der Waals surface area contributed by atoms with Crippen LogP contribution in [-0.4, -0.2) is 50.1 Å². The summed E-state index contributed by atoms with van der Waals surface area (Å²) in [5, 5.41) is 3.61. The van der Waals surface area contributed by atoms with Crippen LogP contribution in [0.15, 0.2) is 42.5 Å². The summed E-state index contributed by atoms with van der Waals surface area (Å²) in [6.07, 6.45) is 2.03. The first-order valence-electron chi connectivity index (χ1n) is 10.1. The zero-order valence-corrected chi connectivity index (χ0v) is 17.8. The summed E-state index contributed by atoms with van der Waals surface area (Å²) in [6.45, 7) is 0.778. The van der Waals surface area contributed by atoms with E-state index in [9.17, 15) is 9.59 Å². The lowest BCUT2D eigenvalue weighted by Gasteiger charge is -2.21. The van der Waals surface area contributed by atoms with E-state index in [1.807, 2.05) is 18.2 Å². The number of nitrogens with one attached hydrogen (secondary N) is 1. The zero-order valence-electron chi connectivity index (χ0n) is 17.1. The number of halogens is 1. The molecule has 1 saturated heterocycles. The van der Waals surface area contributed by atoms with Gasteiger partial charge >= 0.3 is 0 Å². The predicted molar refractivity (Wildman–Crippen MR) is 114 cm³/mol. The minimum atomic E-state index is -0.351. The number of likely N-dealkylation sites (tertiary alicyclic amines) is 1. The van der Waals surface area contributed by atoms with E-state index < -0.39 is 0 Å². The van der Waals surface area contributed by atoms with E-state index in [1.54, 1.807) is 43.4 Å². The quantitative estimate of drug-likeness (QED) is 0.764. The fourth-order valence-electron chi connectivity index (χ4n) is 4.02. The topological polar surface area (TPSA) is 67.9 Å². The number of rotatable bonds is 6. The lowest BCUT2D eigenvalue weighted by molar-refractivity contribution is -0.125. The maximum absolute atomic E-state index is 13.1. The van der Waals surface area contributed by atoms with Gasteiger partial charge in [-0.3, -0.25) is 9.59 Å². The Morgan fingerprint density at radius 1 is 1.07 bits per heavy atom. The molecule has 0 bridgehead atoms. The van der Waals surface area contributed by atoms with Crippen LogP contribution < -0.4 is 14.8 Å². The monoisotopic (exact) mass is 428 g/mol. The van der Waals surface area contributed by atoms with Crippen LogP contribution in [0.5, 0.6) is 11.5 Å². The standard InChI is InChI=1S/C23H25ClN2O4/c1-29-17-8-9-18(21(11-17)30-2)19-12-26(13-20(19)22(27)25-16-6-7-16)23(28)14-4-3-5-15(24)10-14/h3-5,8-11,16,19-20H,6-7,12-13H2,1-2H3,(H,25,27)/t19-,20+/m1/s1. The Balaban J connectivity index is 1.64. The summed E-state index contributed by atoms with van der Waals surface area (Å²) >= 11 is 6.07. The maximum atomic E-state index is 13.1. The molecule has 0 radical (unpaired) electrons. The van der Waals surface area contributed by atoms with Crippen molar-refractivity contribution in [3.63, 3.8) is 0 Å². The van der Waals surface area contributed by atoms with Crippen LogP contribution in [0.3, 0.4) is 0 Å². The van der Waals surface area contributed by atoms with Gasteiger partial charge in [0.2, 0.25) is 5.91 Å². The molecule has 0 aromatic heterocycles. The lowest BCUT2D eigenvalue weighted by atomic mass is 9.87. The summed E-state index contributed by atoms with van der Waals surface area (Å²) < 4.78 is 10.9. The fourth-order valence-corrected chi connectivity index (χ4v) is 4.21. The summed E-state index contributed by atoms with van der Waals surface area (Å²) in [5.74, 6) is 0.669. The number of hydrogen-bond acceptors (Lipinski definition) is 4. The van der Waals surface area contributed by atoms with Crippen molar-refractivity contribution in [1.29, 1.82) is 0 Å². The molecule has 7 heteroatoms. The van der Waals surface area contributed by atoms with Gasteiger partial charge in [-0.2, -0.15) is 0 Å². The number of carbonyl (C=O) groups excluding carboxylic acids is 2. The van der Waals surface area contributed by atoms with Crippen molar-refractivity contribution in [1.82, 2.24) is 10.2 Å². The summed E-state index contributed by atoms with van der Waals surface area (Å²) in [7, 11) is 3.20. The highest BCUT2D eigenvalue weighted by molar-refractivity contribution is 6.30. The highest BCUT2D eigenvalue weighted by Crippen LogP contribution is 2.40. The van der Waals surface area contributed by atoms with E-state index in [4.69, 9.17) is 21.1 Å². The Labute approximate surface area is 181 Å². The number of amides is 2. The number of methoxy groups -OCH3 is 2. The molecular weight excluding hydrogens is 404 g/mol. The van der Waals surface area contributed by atoms with Crippen LogP contribution in [0.25, 0.3) is 0 Å². The molecule has 4 rings (SSSR count). The Hall–Kier alpha value is -2.73. The molecule has 2 atom stereocenters. The Morgan fingerprint density at radius 2 is 1.87 bits per heavy atom. The van der Waals surface area contributed by atoms with Crippen LogP contribution in [-0.2, 0) is 4.79 Å². The first-order chi connectivity index (χ1) is 14.5. The third-order valence-electron chi connectivity index (χ3n) is 5.78. The van der Waals surface area contributed by atoms with Crippen LogP contribution in [0.2, 0.25) is 5.02 Å². The normalized spacial score (nSPS) is 20.7. The molecule has 1 saturated carbocycles. The molecule has 1 heterocycles. The van der Waals surface area contributed by atoms with E-state index >= 15 is 0 Å². The number of carbonyl (C=O) groups is 2. The minimum absolute atomic E-state index is 0.0123. The molecule has 2 aromatic rings. The van der Waals surface area contributed by atoms with Gasteiger partial charge in [0.25, 0.3) is 5.91 Å². The number of benzene rings is 2. The largest absolute Gasteiger partial charge is 0.497 e. The molecule has 6 nitrogen and oxygen atoms in total. The minimum Gasteiger partial charge on any atom is -0.497 e. The molecule has 2 aliphatic rings. The fraction of sp³-hybridized carbons (Fsp3) is 0.391. The van der Waals surface area contributed by atoms with Crippen LogP contribution >= 0.6 is 11.6 Å². The average Bonchev–Trinajstić information content (AvgIpc) is 3.46. The van der Waals surface area contributed by atoms with Crippen LogP contribution in [0, 0.1) is 5.92 Å². The van der Waals surface area contributed by atoms with Gasteiger partial charge in [0.05, 0.1) is 20.1 Å². The molecule has 0 spiro atoms. The second-order valence-electron chi connectivity index (χ2n) is 7.82. The third kappa shape index (κ3) is 4.24. The predicted octanol–water partition coefficient (Wildman–Crippen LogP) is 3.49. The summed E-state index contributed by atoms with van der Waals surface area (Å²) in [5.41, 5.74) is 1.42. The van der Waals surface area contributed by atoms with Gasteiger partial charge in [0.1, 0.15) is 11.5 Å². The molecule has 1 N–H and O–H groups in total. The van der Waals surface area contributed by atoms with Gasteiger partial charge in [-0.1, -0.05) is 23.7 Å². The number of nitrogens with zero attached hydrogens (tertiary/aromatic N) is 1. The molecule has 2 aromatic carbocycles. The Bertz CT molecular complexity index is 960. The maximum Gasteiger partial charge on any atom is 0.253 e. The van der Waals surface area contributed by atoms with Gasteiger partial charge in [-0.15, -0.1) is 0 Å². The SMILES string of the molecule is COc1ccc([C@H]2CN(C(=O)c3cccc(Cl)c3)C[C@@H]2C(=O)NC2CC2)c(OC)c1. The van der Waals surface area contributed by atoms with Crippen molar-refractivity contribution in [2.45, 2.75) is 24.8 Å². The Kier molecular flexibility index (Phi) is 5.86. The van der Waals surface area contributed by atoms with Crippen molar-refractivity contribution >= 4 is 23.4 Å². The summed E-state index contributed by atoms with van der Waals surface area (Å²) in [6, 6.07) is 12.7. The lowest BCUT2D eigenvalue weighted by Crippen LogP contribution is -2.36. The molecule has 0 unspecified atom stereocenters. The van der Waals surface area contributed by atoms with Gasteiger partial charge in [-0.25, -0.2) is 0 Å². The molecule has 2 fully saturated rings. The van der Waals surface area contributed by atoms with E-state index in [1.165, 1.54) is 0 Å². The van der Waals surface area contributed by atoms with Gasteiger partial charge in [0, 0.05) is 47.3 Å². The van der Waals surface area contributed by atoms with E-state index in [2.05, 4.69) is 5.32 Å². The smallest absolute Gasteiger partial charge is 0.253 e. The molecule has 158 valence electrons. The highest BCUT2D eigenvalue weighted by atomic mass is 35.5. The molecule has 1 aliphatic carbocycles. The van der Waals surface area contributed by atoms with Gasteiger partial charge in [0.15, 0.2) is 0 Å².